The molecule has 0 aliphatic heterocycles. The summed E-state index contributed by atoms with van der Waals surface area (Å²) in [6.45, 7) is 8.67. The Morgan fingerprint density at radius 1 is 1.06 bits per heavy atom. The van der Waals surface area contributed by atoms with Crippen LogP contribution in [0.2, 0.25) is 0 Å². The van der Waals surface area contributed by atoms with Crippen LogP contribution < -0.4 is 19.1 Å². The fraction of sp³-hybridized carbons (Fsp3) is 0.435. The molecule has 0 spiro atoms. The number of nitrogens with zero attached hydrogens (tertiary/aromatic N) is 1. The van der Waals surface area contributed by atoms with Crippen LogP contribution in [0.4, 0.5) is 5.69 Å². The number of carbonyl (C=O) groups excluding carboxylic acids is 1. The average molecular weight is 449 g/mol. The van der Waals surface area contributed by atoms with Gasteiger partial charge in [0.05, 0.1) is 25.1 Å². The Bertz CT molecular complexity index is 974. The van der Waals surface area contributed by atoms with E-state index in [1.54, 1.807) is 31.2 Å². The molecule has 1 atom stereocenters. The Morgan fingerprint density at radius 2 is 1.74 bits per heavy atom. The Balaban J connectivity index is 2.07. The van der Waals surface area contributed by atoms with Crippen LogP contribution in [-0.2, 0) is 14.8 Å². The van der Waals surface area contributed by atoms with Crippen LogP contribution >= 0.6 is 0 Å². The predicted molar refractivity (Wildman–Crippen MR) is 123 cm³/mol. The van der Waals surface area contributed by atoms with Crippen LogP contribution in [0.3, 0.4) is 0 Å². The first kappa shape index (κ1) is 24.5. The van der Waals surface area contributed by atoms with Crippen LogP contribution in [0.1, 0.15) is 31.4 Å². The van der Waals surface area contributed by atoms with Crippen molar-refractivity contribution in [2.45, 2.75) is 40.2 Å². The number of anilines is 1. The molecule has 0 saturated carbocycles. The predicted octanol–water partition coefficient (Wildman–Crippen LogP) is 3.44. The van der Waals surface area contributed by atoms with Gasteiger partial charge in [0, 0.05) is 0 Å². The molecule has 8 heteroatoms. The summed E-state index contributed by atoms with van der Waals surface area (Å²) in [7, 11) is -3.68. The van der Waals surface area contributed by atoms with E-state index in [2.05, 4.69) is 5.32 Å². The lowest BCUT2D eigenvalue weighted by Gasteiger charge is -2.30. The highest BCUT2D eigenvalue weighted by Gasteiger charge is 2.31. The Kier molecular flexibility index (Phi) is 8.74. The van der Waals surface area contributed by atoms with E-state index in [1.165, 1.54) is 0 Å². The van der Waals surface area contributed by atoms with Crippen molar-refractivity contribution in [2.75, 3.05) is 30.3 Å². The highest BCUT2D eigenvalue weighted by atomic mass is 32.2. The van der Waals surface area contributed by atoms with Crippen molar-refractivity contribution >= 4 is 21.6 Å². The number of carbonyl (C=O) groups is 1. The molecule has 0 radical (unpaired) electrons. The first-order chi connectivity index (χ1) is 14.7. The monoisotopic (exact) mass is 448 g/mol. The molecule has 1 amide bonds. The molecular weight excluding hydrogens is 416 g/mol. The Morgan fingerprint density at radius 3 is 2.32 bits per heavy atom. The van der Waals surface area contributed by atoms with Crippen molar-refractivity contribution in [1.82, 2.24) is 5.32 Å². The van der Waals surface area contributed by atoms with Crippen molar-refractivity contribution in [3.8, 4) is 11.5 Å². The summed E-state index contributed by atoms with van der Waals surface area (Å²) in [6.07, 6.45) is 1.42. The zero-order valence-corrected chi connectivity index (χ0v) is 19.7. The highest BCUT2D eigenvalue weighted by Crippen LogP contribution is 2.25. The molecule has 170 valence electrons. The first-order valence-electron chi connectivity index (χ1n) is 10.4. The van der Waals surface area contributed by atoms with Gasteiger partial charge in [0.2, 0.25) is 15.9 Å². The molecule has 2 aromatic rings. The van der Waals surface area contributed by atoms with Gasteiger partial charge in [-0.15, -0.1) is 0 Å². The molecule has 0 aromatic heterocycles. The lowest BCUT2D eigenvalue weighted by atomic mass is 10.1. The molecule has 31 heavy (non-hydrogen) atoms. The van der Waals surface area contributed by atoms with Gasteiger partial charge in [-0.3, -0.25) is 9.10 Å². The van der Waals surface area contributed by atoms with E-state index < -0.39 is 16.1 Å². The molecule has 2 aromatic carbocycles. The second kappa shape index (κ2) is 11.0. The largest absolute Gasteiger partial charge is 0.494 e. The molecule has 1 N–H and O–H groups in total. The van der Waals surface area contributed by atoms with Crippen LogP contribution in [0.5, 0.6) is 11.5 Å². The van der Waals surface area contributed by atoms with Gasteiger partial charge in [0.25, 0.3) is 0 Å². The van der Waals surface area contributed by atoms with E-state index in [4.69, 9.17) is 9.47 Å². The molecule has 0 aliphatic rings. The van der Waals surface area contributed by atoms with Gasteiger partial charge in [0.15, 0.2) is 0 Å². The van der Waals surface area contributed by atoms with Gasteiger partial charge in [-0.05, 0) is 68.7 Å². The number of amides is 1. The molecule has 7 nitrogen and oxygen atoms in total. The Labute approximate surface area is 185 Å². The normalized spacial score (nSPS) is 12.2. The van der Waals surface area contributed by atoms with E-state index in [0.717, 1.165) is 27.4 Å². The molecule has 0 aliphatic carbocycles. The lowest BCUT2D eigenvalue weighted by molar-refractivity contribution is -0.122. The van der Waals surface area contributed by atoms with Crippen LogP contribution in [0, 0.1) is 13.8 Å². The lowest BCUT2D eigenvalue weighted by Crippen LogP contribution is -2.50. The molecule has 2 rings (SSSR count). The van der Waals surface area contributed by atoms with Crippen molar-refractivity contribution in [2.24, 2.45) is 0 Å². The second-order valence-corrected chi connectivity index (χ2v) is 9.18. The molecule has 0 saturated heterocycles. The summed E-state index contributed by atoms with van der Waals surface area (Å²) < 4.78 is 37.4. The summed E-state index contributed by atoms with van der Waals surface area (Å²) >= 11 is 0. The van der Waals surface area contributed by atoms with Crippen molar-refractivity contribution < 1.29 is 22.7 Å². The highest BCUT2D eigenvalue weighted by molar-refractivity contribution is 7.92. The molecule has 0 heterocycles. The quantitative estimate of drug-likeness (QED) is 0.532. The third-order valence-corrected chi connectivity index (χ3v) is 5.91. The van der Waals surface area contributed by atoms with Gasteiger partial charge in [-0.1, -0.05) is 19.1 Å². The van der Waals surface area contributed by atoms with E-state index >= 15 is 0 Å². The maximum absolute atomic E-state index is 12.8. The fourth-order valence-electron chi connectivity index (χ4n) is 3.23. The second-order valence-electron chi connectivity index (χ2n) is 7.32. The standard InChI is InChI=1S/C23H32N2O5S/c1-6-21(23(26)24-14-15-30-22-16-17(3)8-9-18(22)4)25(31(5,27)28)19-10-12-20(13-11-19)29-7-2/h8-13,16,21H,6-7,14-15H2,1-5H3,(H,24,26)/t21-/m1/s1. The van der Waals surface area contributed by atoms with E-state index in [9.17, 15) is 13.2 Å². The zero-order valence-electron chi connectivity index (χ0n) is 18.8. The minimum Gasteiger partial charge on any atom is -0.494 e. The maximum Gasteiger partial charge on any atom is 0.244 e. The van der Waals surface area contributed by atoms with E-state index in [0.29, 0.717) is 24.5 Å². The van der Waals surface area contributed by atoms with Gasteiger partial charge in [0.1, 0.15) is 24.1 Å². The number of sulfonamides is 1. The third-order valence-electron chi connectivity index (χ3n) is 4.73. The van der Waals surface area contributed by atoms with Gasteiger partial charge in [-0.25, -0.2) is 8.42 Å². The van der Waals surface area contributed by atoms with Crippen LogP contribution in [0.25, 0.3) is 0 Å². The molecule has 0 bridgehead atoms. The first-order valence-corrected chi connectivity index (χ1v) is 12.2. The molecular formula is C23H32N2O5S. The average Bonchev–Trinajstić information content (AvgIpc) is 2.71. The topological polar surface area (TPSA) is 84.9 Å². The van der Waals surface area contributed by atoms with Crippen LogP contribution in [-0.4, -0.2) is 46.4 Å². The summed E-state index contributed by atoms with van der Waals surface area (Å²) in [6, 6.07) is 11.8. The summed E-state index contributed by atoms with van der Waals surface area (Å²) in [5.41, 5.74) is 2.52. The van der Waals surface area contributed by atoms with Crippen molar-refractivity contribution in [1.29, 1.82) is 0 Å². The van der Waals surface area contributed by atoms with Crippen molar-refractivity contribution in [3.63, 3.8) is 0 Å². The zero-order chi connectivity index (χ0) is 23.0. The van der Waals surface area contributed by atoms with E-state index in [1.807, 2.05) is 39.0 Å². The smallest absolute Gasteiger partial charge is 0.244 e. The summed E-state index contributed by atoms with van der Waals surface area (Å²) in [4.78, 5) is 12.8. The SMILES string of the molecule is CCOc1ccc(N([C@H](CC)C(=O)NCCOc2cc(C)ccc2C)S(C)(=O)=O)cc1. The van der Waals surface area contributed by atoms with Crippen LogP contribution in [0.15, 0.2) is 42.5 Å². The number of rotatable bonds is 11. The van der Waals surface area contributed by atoms with E-state index in [-0.39, 0.29) is 19.1 Å². The number of aryl methyl sites for hydroxylation is 2. The summed E-state index contributed by atoms with van der Waals surface area (Å²) in [5, 5.41) is 2.80. The number of hydrogen-bond donors (Lipinski definition) is 1. The number of ether oxygens (including phenoxy) is 2. The van der Waals surface area contributed by atoms with Gasteiger partial charge >= 0.3 is 0 Å². The number of nitrogens with one attached hydrogen (secondary N) is 1. The minimum absolute atomic E-state index is 0.267. The van der Waals surface area contributed by atoms with Crippen molar-refractivity contribution in [3.05, 3.63) is 53.6 Å². The fourth-order valence-corrected chi connectivity index (χ4v) is 4.44. The van der Waals surface area contributed by atoms with Gasteiger partial charge in [-0.2, -0.15) is 0 Å². The maximum atomic E-state index is 12.8. The Hall–Kier alpha value is -2.74. The minimum atomic E-state index is -3.68. The summed E-state index contributed by atoms with van der Waals surface area (Å²) in [5.74, 6) is 1.04. The third kappa shape index (κ3) is 6.89. The molecule has 0 unspecified atom stereocenters. The number of benzene rings is 2. The van der Waals surface area contributed by atoms with Gasteiger partial charge < -0.3 is 14.8 Å². The number of hydrogen-bond acceptors (Lipinski definition) is 5. The molecule has 0 fully saturated rings.